The van der Waals surface area contributed by atoms with Gasteiger partial charge in [0.15, 0.2) is 0 Å². The van der Waals surface area contributed by atoms with Crippen molar-refractivity contribution in [3.05, 3.63) is 0 Å². The third kappa shape index (κ3) is 2.82. The van der Waals surface area contributed by atoms with Gasteiger partial charge in [0.25, 0.3) is 0 Å². The summed E-state index contributed by atoms with van der Waals surface area (Å²) in [6, 6.07) is 0.120. The highest BCUT2D eigenvalue weighted by Crippen LogP contribution is 2.17. The molecule has 4 nitrogen and oxygen atoms in total. The molecule has 0 atom stereocenters. The molecule has 6 heteroatoms. The topological polar surface area (TPSA) is 40.6 Å². The zero-order valence-corrected chi connectivity index (χ0v) is 10.2. The van der Waals surface area contributed by atoms with Crippen molar-refractivity contribution >= 4 is 21.6 Å². The molecule has 84 valence electrons. The van der Waals surface area contributed by atoms with Crippen molar-refractivity contribution in [2.45, 2.75) is 18.9 Å². The molecule has 1 heterocycles. The zero-order chi connectivity index (χ0) is 10.8. The Morgan fingerprint density at radius 1 is 1.43 bits per heavy atom. The van der Waals surface area contributed by atoms with Crippen molar-refractivity contribution < 1.29 is 8.42 Å². The molecule has 0 bridgehead atoms. The van der Waals surface area contributed by atoms with Crippen LogP contribution in [0.3, 0.4) is 0 Å². The fourth-order valence-corrected chi connectivity index (χ4v) is 2.94. The summed E-state index contributed by atoms with van der Waals surface area (Å²) in [7, 11) is 0.432. The van der Waals surface area contributed by atoms with E-state index in [4.69, 9.17) is 11.6 Å². The van der Waals surface area contributed by atoms with Gasteiger partial charge >= 0.3 is 0 Å². The van der Waals surface area contributed by atoms with Crippen LogP contribution in [0.1, 0.15) is 12.8 Å². The Morgan fingerprint density at radius 2 is 1.93 bits per heavy atom. The van der Waals surface area contributed by atoms with Crippen LogP contribution in [0.15, 0.2) is 0 Å². The number of alkyl halides is 1. The van der Waals surface area contributed by atoms with Gasteiger partial charge in [-0.2, -0.15) is 0 Å². The molecule has 14 heavy (non-hydrogen) atoms. The summed E-state index contributed by atoms with van der Waals surface area (Å²) in [4.78, 5) is 2.21. The van der Waals surface area contributed by atoms with E-state index in [1.165, 1.54) is 4.31 Å². The van der Waals surface area contributed by atoms with Gasteiger partial charge in [0.05, 0.1) is 0 Å². The van der Waals surface area contributed by atoms with Crippen LogP contribution in [0.5, 0.6) is 0 Å². The second-order valence-corrected chi connectivity index (χ2v) is 6.38. The molecule has 1 saturated heterocycles. The lowest BCUT2D eigenvalue weighted by molar-refractivity contribution is 0.198. The number of sulfonamides is 1. The highest BCUT2D eigenvalue weighted by molar-refractivity contribution is 7.90. The van der Waals surface area contributed by atoms with E-state index in [0.717, 1.165) is 25.9 Å². The van der Waals surface area contributed by atoms with Gasteiger partial charge in [-0.25, -0.2) is 12.7 Å². The van der Waals surface area contributed by atoms with Crippen LogP contribution in [0.25, 0.3) is 0 Å². The molecular formula is C8H17ClN2O2S. The fraction of sp³-hybridized carbons (Fsp3) is 1.00. The van der Waals surface area contributed by atoms with Crippen molar-refractivity contribution in [1.82, 2.24) is 9.21 Å². The van der Waals surface area contributed by atoms with Crippen molar-refractivity contribution in [1.29, 1.82) is 0 Å². The maximum absolute atomic E-state index is 11.5. The minimum absolute atomic E-state index is 0.120. The van der Waals surface area contributed by atoms with Crippen LogP contribution >= 0.6 is 11.6 Å². The van der Waals surface area contributed by atoms with E-state index in [-0.39, 0.29) is 11.3 Å². The Bertz CT molecular complexity index is 273. The predicted octanol–water partition coefficient (Wildman–Crippen LogP) is 0.539. The van der Waals surface area contributed by atoms with Crippen LogP contribution < -0.4 is 0 Å². The maximum Gasteiger partial charge on any atom is 0.228 e. The van der Waals surface area contributed by atoms with Crippen LogP contribution in [0.4, 0.5) is 0 Å². The van der Waals surface area contributed by atoms with E-state index in [1.54, 1.807) is 7.05 Å². The van der Waals surface area contributed by atoms with Crippen LogP contribution in [-0.4, -0.2) is 56.1 Å². The SMILES string of the molecule is CN1CCC(N(C)S(=O)(=O)CCl)CC1. The lowest BCUT2D eigenvalue weighted by atomic mass is 10.1. The first-order valence-electron chi connectivity index (χ1n) is 4.67. The van der Waals surface area contributed by atoms with E-state index in [0.29, 0.717) is 0 Å². The molecule has 0 N–H and O–H groups in total. The van der Waals surface area contributed by atoms with Gasteiger partial charge in [0.1, 0.15) is 5.21 Å². The maximum atomic E-state index is 11.5. The Labute approximate surface area is 90.9 Å². The minimum Gasteiger partial charge on any atom is -0.306 e. The lowest BCUT2D eigenvalue weighted by Crippen LogP contribution is -2.44. The smallest absolute Gasteiger partial charge is 0.228 e. The number of nitrogens with zero attached hydrogens (tertiary/aromatic N) is 2. The Balaban J connectivity index is 2.58. The first-order valence-corrected chi connectivity index (χ1v) is 6.82. The van der Waals surface area contributed by atoms with Crippen LogP contribution in [0.2, 0.25) is 0 Å². The summed E-state index contributed by atoms with van der Waals surface area (Å²) in [5.74, 6) is 0. The molecule has 1 rings (SSSR count). The van der Waals surface area contributed by atoms with Gasteiger partial charge in [0.2, 0.25) is 10.0 Å². The van der Waals surface area contributed by atoms with Gasteiger partial charge in [-0.05, 0) is 33.0 Å². The molecule has 0 aromatic heterocycles. The minimum atomic E-state index is -3.24. The zero-order valence-electron chi connectivity index (χ0n) is 8.61. The molecule has 1 aliphatic heterocycles. The van der Waals surface area contributed by atoms with Gasteiger partial charge < -0.3 is 4.90 Å². The summed E-state index contributed by atoms with van der Waals surface area (Å²) in [5, 5.41) is -0.324. The summed E-state index contributed by atoms with van der Waals surface area (Å²) in [6.07, 6.45) is 1.78. The molecule has 0 aromatic rings. The lowest BCUT2D eigenvalue weighted by Gasteiger charge is -2.33. The van der Waals surface area contributed by atoms with E-state index in [2.05, 4.69) is 4.90 Å². The average molecular weight is 241 g/mol. The molecule has 0 aromatic carbocycles. The molecule has 0 spiro atoms. The molecule has 0 unspecified atom stereocenters. The molecule has 1 aliphatic rings. The van der Waals surface area contributed by atoms with Crippen molar-refractivity contribution in [2.24, 2.45) is 0 Å². The standard InChI is InChI=1S/C8H17ClN2O2S/c1-10-5-3-8(4-6-10)11(2)14(12,13)7-9/h8H,3-7H2,1-2H3. The second kappa shape index (κ2) is 4.79. The first kappa shape index (κ1) is 12.2. The molecular weight excluding hydrogens is 224 g/mol. The fourth-order valence-electron chi connectivity index (χ4n) is 1.66. The normalized spacial score (nSPS) is 21.7. The largest absolute Gasteiger partial charge is 0.306 e. The molecule has 0 amide bonds. The number of hydrogen-bond donors (Lipinski definition) is 0. The predicted molar refractivity (Wildman–Crippen MR) is 57.9 cm³/mol. The van der Waals surface area contributed by atoms with E-state index < -0.39 is 10.0 Å². The highest BCUT2D eigenvalue weighted by Gasteiger charge is 2.27. The van der Waals surface area contributed by atoms with Crippen molar-refractivity contribution in [2.75, 3.05) is 32.4 Å². The van der Waals surface area contributed by atoms with Crippen molar-refractivity contribution in [3.63, 3.8) is 0 Å². The third-order valence-electron chi connectivity index (χ3n) is 2.78. The Kier molecular flexibility index (Phi) is 4.18. The Morgan fingerprint density at radius 3 is 2.36 bits per heavy atom. The average Bonchev–Trinajstić information content (AvgIpc) is 2.18. The van der Waals surface area contributed by atoms with E-state index in [1.807, 2.05) is 7.05 Å². The number of halogens is 1. The number of hydrogen-bond acceptors (Lipinski definition) is 3. The number of likely N-dealkylation sites (tertiary alicyclic amines) is 1. The number of rotatable bonds is 3. The van der Waals surface area contributed by atoms with Gasteiger partial charge in [-0.1, -0.05) is 0 Å². The third-order valence-corrected chi connectivity index (χ3v) is 5.06. The van der Waals surface area contributed by atoms with Crippen molar-refractivity contribution in [3.8, 4) is 0 Å². The molecule has 0 radical (unpaired) electrons. The molecule has 0 saturated carbocycles. The second-order valence-electron chi connectivity index (χ2n) is 3.77. The summed E-state index contributed by atoms with van der Waals surface area (Å²) in [5.41, 5.74) is 0. The molecule has 0 aliphatic carbocycles. The summed E-state index contributed by atoms with van der Waals surface area (Å²) < 4.78 is 24.3. The number of piperidine rings is 1. The van der Waals surface area contributed by atoms with Gasteiger partial charge in [-0.3, -0.25) is 0 Å². The monoisotopic (exact) mass is 240 g/mol. The molecule has 1 fully saturated rings. The summed E-state index contributed by atoms with van der Waals surface area (Å²) >= 11 is 5.40. The first-order chi connectivity index (χ1) is 6.47. The Hall–Kier alpha value is 0.160. The highest BCUT2D eigenvalue weighted by atomic mass is 35.5. The van der Waals surface area contributed by atoms with E-state index >= 15 is 0 Å². The summed E-state index contributed by atoms with van der Waals surface area (Å²) in [6.45, 7) is 1.90. The van der Waals surface area contributed by atoms with Gasteiger partial charge in [0, 0.05) is 13.1 Å². The van der Waals surface area contributed by atoms with E-state index in [9.17, 15) is 8.42 Å². The van der Waals surface area contributed by atoms with Crippen LogP contribution in [-0.2, 0) is 10.0 Å². The van der Waals surface area contributed by atoms with Gasteiger partial charge in [-0.15, -0.1) is 11.6 Å². The quantitative estimate of drug-likeness (QED) is 0.676. The van der Waals surface area contributed by atoms with Crippen LogP contribution in [0, 0.1) is 0 Å².